The van der Waals surface area contributed by atoms with Gasteiger partial charge in [0.05, 0.1) is 30.8 Å². The number of aromatic nitrogens is 2. The molecule has 2 aliphatic rings. The van der Waals surface area contributed by atoms with Crippen LogP contribution >= 0.6 is 11.8 Å². The largest absolute Gasteiger partial charge is 0.490 e. The normalized spacial score (nSPS) is 18.7. The smallest absolute Gasteiger partial charge is 0.225 e. The lowest BCUT2D eigenvalue weighted by Gasteiger charge is -2.31. The van der Waals surface area contributed by atoms with Crippen molar-refractivity contribution in [3.05, 3.63) is 47.9 Å². The van der Waals surface area contributed by atoms with Gasteiger partial charge in [-0.3, -0.25) is 4.79 Å². The zero-order valence-electron chi connectivity index (χ0n) is 13.8. The minimum absolute atomic E-state index is 0.0525. The number of fused-ring (bicyclic) bond motifs is 1. The summed E-state index contributed by atoms with van der Waals surface area (Å²) in [4.78, 5) is 21.8. The Labute approximate surface area is 150 Å². The molecule has 0 fully saturated rings. The maximum atomic E-state index is 12.3. The van der Waals surface area contributed by atoms with Gasteiger partial charge >= 0.3 is 0 Å². The minimum Gasteiger partial charge on any atom is -0.490 e. The molecule has 0 saturated carbocycles. The van der Waals surface area contributed by atoms with Gasteiger partial charge in [-0.05, 0) is 30.0 Å². The molecule has 1 atom stereocenters. The minimum atomic E-state index is 0.0525. The van der Waals surface area contributed by atoms with Crippen LogP contribution in [0.15, 0.2) is 42.2 Å². The van der Waals surface area contributed by atoms with Gasteiger partial charge in [0.2, 0.25) is 5.91 Å². The third kappa shape index (κ3) is 3.82. The van der Waals surface area contributed by atoms with E-state index in [9.17, 15) is 4.79 Å². The van der Waals surface area contributed by atoms with Gasteiger partial charge in [0, 0.05) is 23.6 Å². The Hall–Kier alpha value is -2.41. The van der Waals surface area contributed by atoms with Crippen molar-refractivity contribution >= 4 is 29.0 Å². The number of hydrogen-bond acceptors (Lipinski definition) is 5. The Morgan fingerprint density at radius 3 is 3.24 bits per heavy atom. The molecule has 2 N–H and O–H groups in total. The number of carbonyl (C=O) groups is 1. The summed E-state index contributed by atoms with van der Waals surface area (Å²) in [6, 6.07) is 5.81. The number of thioether (sulfide) groups is 1. The molecule has 1 aromatic heterocycles. The fraction of sp³-hybridized carbons (Fsp3) is 0.333. The molecule has 1 unspecified atom stereocenters. The van der Waals surface area contributed by atoms with E-state index in [4.69, 9.17) is 4.74 Å². The predicted molar refractivity (Wildman–Crippen MR) is 100.0 cm³/mol. The van der Waals surface area contributed by atoms with E-state index in [1.54, 1.807) is 18.1 Å². The number of hydrogen-bond donors (Lipinski definition) is 2. The summed E-state index contributed by atoms with van der Waals surface area (Å²) in [5.41, 5.74) is 2.77. The second-order valence-electron chi connectivity index (χ2n) is 6.13. The number of H-pyrrole nitrogens is 1. The quantitative estimate of drug-likeness (QED) is 0.861. The number of nitrogens with one attached hydrogen (secondary N) is 2. The topological polar surface area (TPSA) is 70.2 Å². The van der Waals surface area contributed by atoms with Crippen LogP contribution < -0.4 is 15.0 Å². The second kappa shape index (κ2) is 7.23. The lowest BCUT2D eigenvalue weighted by Crippen LogP contribution is -2.32. The van der Waals surface area contributed by atoms with Gasteiger partial charge in [0.25, 0.3) is 0 Å². The SMILES string of the molecule is O=C(CC1CC=CS1)Nc1ccc2c(c1)N(Cc1c[nH]cn1)CCO2. The van der Waals surface area contributed by atoms with Crippen molar-refractivity contribution in [3.8, 4) is 5.75 Å². The molecular weight excluding hydrogens is 336 g/mol. The second-order valence-corrected chi connectivity index (χ2v) is 7.34. The third-order valence-electron chi connectivity index (χ3n) is 4.29. The predicted octanol–water partition coefficient (Wildman–Crippen LogP) is 3.16. The molecule has 6 nitrogen and oxygen atoms in total. The van der Waals surface area contributed by atoms with Crippen molar-refractivity contribution < 1.29 is 9.53 Å². The fourth-order valence-corrected chi connectivity index (χ4v) is 3.98. The van der Waals surface area contributed by atoms with Crippen LogP contribution in [-0.4, -0.2) is 34.3 Å². The van der Waals surface area contributed by atoms with Crippen molar-refractivity contribution in [1.82, 2.24) is 9.97 Å². The van der Waals surface area contributed by atoms with E-state index in [-0.39, 0.29) is 5.91 Å². The van der Waals surface area contributed by atoms with Gasteiger partial charge < -0.3 is 19.9 Å². The van der Waals surface area contributed by atoms with E-state index >= 15 is 0 Å². The average molecular weight is 356 g/mol. The number of allylic oxidation sites excluding steroid dienone is 1. The standard InChI is InChI=1S/C18H20N4O2S/c23-18(9-15-2-1-7-25-15)21-13-3-4-17-16(8-13)22(5-6-24-17)11-14-10-19-12-20-14/h1,3-4,7-8,10,12,15H,2,5-6,9,11H2,(H,19,20)(H,21,23). The lowest BCUT2D eigenvalue weighted by molar-refractivity contribution is -0.116. The molecule has 25 heavy (non-hydrogen) atoms. The molecular formula is C18H20N4O2S. The van der Waals surface area contributed by atoms with E-state index in [1.165, 1.54) is 0 Å². The van der Waals surface area contributed by atoms with E-state index in [0.717, 1.165) is 35.8 Å². The fourth-order valence-electron chi connectivity index (χ4n) is 3.07. The molecule has 1 aromatic carbocycles. The number of rotatable bonds is 5. The summed E-state index contributed by atoms with van der Waals surface area (Å²) in [6.45, 7) is 2.15. The molecule has 0 bridgehead atoms. The molecule has 0 saturated heterocycles. The van der Waals surface area contributed by atoms with E-state index in [1.807, 2.05) is 24.4 Å². The molecule has 2 aromatic rings. The summed E-state index contributed by atoms with van der Waals surface area (Å²) in [7, 11) is 0. The number of imidazole rings is 1. The molecule has 130 valence electrons. The van der Waals surface area contributed by atoms with Crippen molar-refractivity contribution in [2.75, 3.05) is 23.4 Å². The third-order valence-corrected chi connectivity index (χ3v) is 5.38. The monoisotopic (exact) mass is 356 g/mol. The molecule has 0 radical (unpaired) electrons. The highest BCUT2D eigenvalue weighted by molar-refractivity contribution is 8.03. The van der Waals surface area contributed by atoms with Crippen molar-refractivity contribution in [1.29, 1.82) is 0 Å². The van der Waals surface area contributed by atoms with E-state index in [2.05, 4.69) is 31.7 Å². The number of ether oxygens (including phenoxy) is 1. The highest BCUT2D eigenvalue weighted by Gasteiger charge is 2.20. The zero-order valence-corrected chi connectivity index (χ0v) is 14.6. The summed E-state index contributed by atoms with van der Waals surface area (Å²) in [5, 5.41) is 5.44. The number of amides is 1. The van der Waals surface area contributed by atoms with Crippen molar-refractivity contribution in [2.45, 2.75) is 24.6 Å². The average Bonchev–Trinajstić information content (AvgIpc) is 3.29. The van der Waals surface area contributed by atoms with Crippen LogP contribution in [0.4, 0.5) is 11.4 Å². The van der Waals surface area contributed by atoms with Gasteiger partial charge in [-0.2, -0.15) is 0 Å². The Morgan fingerprint density at radius 2 is 2.44 bits per heavy atom. The summed E-state index contributed by atoms with van der Waals surface area (Å²) in [5.74, 6) is 0.895. The first-order valence-electron chi connectivity index (χ1n) is 8.38. The molecule has 3 heterocycles. The number of nitrogens with zero attached hydrogens (tertiary/aromatic N) is 2. The molecule has 7 heteroatoms. The van der Waals surface area contributed by atoms with Crippen LogP contribution in [0.1, 0.15) is 18.5 Å². The first-order chi connectivity index (χ1) is 12.3. The number of aromatic amines is 1. The molecule has 0 spiro atoms. The first-order valence-corrected chi connectivity index (χ1v) is 9.32. The van der Waals surface area contributed by atoms with Crippen LogP contribution in [0.2, 0.25) is 0 Å². The highest BCUT2D eigenvalue weighted by atomic mass is 32.2. The van der Waals surface area contributed by atoms with Crippen LogP contribution in [0.25, 0.3) is 0 Å². The zero-order chi connectivity index (χ0) is 17.1. The molecule has 1 amide bonds. The highest BCUT2D eigenvalue weighted by Crippen LogP contribution is 2.35. The van der Waals surface area contributed by atoms with E-state index < -0.39 is 0 Å². The van der Waals surface area contributed by atoms with Crippen molar-refractivity contribution in [3.63, 3.8) is 0 Å². The van der Waals surface area contributed by atoms with Gasteiger partial charge in [0.15, 0.2) is 0 Å². The van der Waals surface area contributed by atoms with Gasteiger partial charge in [-0.15, -0.1) is 11.8 Å². The van der Waals surface area contributed by atoms with Gasteiger partial charge in [0.1, 0.15) is 12.4 Å². The Kier molecular flexibility index (Phi) is 4.65. The molecule has 0 aliphatic carbocycles. The van der Waals surface area contributed by atoms with E-state index in [0.29, 0.717) is 24.8 Å². The van der Waals surface area contributed by atoms with Gasteiger partial charge in [-0.25, -0.2) is 4.98 Å². The summed E-state index contributed by atoms with van der Waals surface area (Å²) >= 11 is 1.73. The summed E-state index contributed by atoms with van der Waals surface area (Å²) in [6.07, 6.45) is 7.19. The maximum Gasteiger partial charge on any atom is 0.225 e. The Morgan fingerprint density at radius 1 is 1.48 bits per heavy atom. The van der Waals surface area contributed by atoms with Crippen LogP contribution in [0.5, 0.6) is 5.75 Å². The first kappa shape index (κ1) is 16.1. The van der Waals surface area contributed by atoms with Crippen molar-refractivity contribution in [2.24, 2.45) is 0 Å². The molecule has 2 aliphatic heterocycles. The summed E-state index contributed by atoms with van der Waals surface area (Å²) < 4.78 is 5.75. The Balaban J connectivity index is 1.46. The number of benzene rings is 1. The number of anilines is 2. The molecule has 4 rings (SSSR count). The van der Waals surface area contributed by atoms with Crippen LogP contribution in [0, 0.1) is 0 Å². The number of carbonyl (C=O) groups excluding carboxylic acids is 1. The maximum absolute atomic E-state index is 12.3. The van der Waals surface area contributed by atoms with Gasteiger partial charge in [-0.1, -0.05) is 6.08 Å². The lowest BCUT2D eigenvalue weighted by atomic mass is 10.2. The van der Waals surface area contributed by atoms with Crippen LogP contribution in [-0.2, 0) is 11.3 Å². The van der Waals surface area contributed by atoms with Crippen LogP contribution in [0.3, 0.4) is 0 Å². The Bertz CT molecular complexity index is 767.